The van der Waals surface area contributed by atoms with Gasteiger partial charge in [0.15, 0.2) is 0 Å². The van der Waals surface area contributed by atoms with E-state index in [1.54, 1.807) is 19.3 Å². The fourth-order valence-electron chi connectivity index (χ4n) is 2.19. The Hall–Kier alpha value is -1.87. The van der Waals surface area contributed by atoms with E-state index in [1.807, 2.05) is 31.2 Å². The molecule has 3 nitrogen and oxygen atoms in total. The number of pyridine rings is 1. The molecule has 21 heavy (non-hydrogen) atoms. The van der Waals surface area contributed by atoms with Crippen LogP contribution in [0.1, 0.15) is 42.5 Å². The van der Waals surface area contributed by atoms with E-state index in [1.165, 1.54) is 11.1 Å². The van der Waals surface area contributed by atoms with Gasteiger partial charge in [-0.3, -0.25) is 4.98 Å². The fraction of sp³-hybridized carbons (Fsp3) is 0.389. The van der Waals surface area contributed by atoms with Gasteiger partial charge in [0.1, 0.15) is 11.4 Å². The molecule has 1 heterocycles. The molecule has 0 aliphatic rings. The van der Waals surface area contributed by atoms with Gasteiger partial charge in [-0.05, 0) is 49.9 Å². The highest BCUT2D eigenvalue weighted by atomic mass is 16.5. The first-order valence-electron chi connectivity index (χ1n) is 7.33. The average molecular weight is 285 g/mol. The molecular formula is C18H23NO2. The Kier molecular flexibility index (Phi) is 4.63. The zero-order chi connectivity index (χ0) is 15.5. The second-order valence-electron chi connectivity index (χ2n) is 5.63. The van der Waals surface area contributed by atoms with Crippen molar-refractivity contribution in [1.82, 2.24) is 4.98 Å². The molecule has 112 valence electrons. The Morgan fingerprint density at radius 2 is 1.86 bits per heavy atom. The first-order chi connectivity index (χ1) is 9.95. The molecule has 2 rings (SSSR count). The molecule has 0 radical (unpaired) electrons. The molecule has 0 fully saturated rings. The van der Waals surface area contributed by atoms with Gasteiger partial charge in [0.05, 0.1) is 12.8 Å². The summed E-state index contributed by atoms with van der Waals surface area (Å²) in [5.74, 6) is 0.693. The van der Waals surface area contributed by atoms with E-state index in [4.69, 9.17) is 4.74 Å². The molecule has 2 aromatic rings. The summed E-state index contributed by atoms with van der Waals surface area (Å²) in [7, 11) is 0. The van der Waals surface area contributed by atoms with Crippen molar-refractivity contribution in [3.63, 3.8) is 0 Å². The first-order valence-corrected chi connectivity index (χ1v) is 7.33. The third-order valence-electron chi connectivity index (χ3n) is 3.82. The van der Waals surface area contributed by atoms with Crippen LogP contribution in [0.5, 0.6) is 5.75 Å². The van der Waals surface area contributed by atoms with E-state index in [-0.39, 0.29) is 0 Å². The number of aryl methyl sites for hydroxylation is 2. The second-order valence-corrected chi connectivity index (χ2v) is 5.63. The summed E-state index contributed by atoms with van der Waals surface area (Å²) >= 11 is 0. The van der Waals surface area contributed by atoms with Crippen LogP contribution in [0, 0.1) is 13.8 Å². The summed E-state index contributed by atoms with van der Waals surface area (Å²) in [6.07, 6.45) is 4.31. The van der Waals surface area contributed by atoms with Crippen LogP contribution in [0.4, 0.5) is 0 Å². The average Bonchev–Trinajstić information content (AvgIpc) is 2.48. The largest absolute Gasteiger partial charge is 0.492 e. The van der Waals surface area contributed by atoms with Crippen molar-refractivity contribution in [3.8, 4) is 5.75 Å². The van der Waals surface area contributed by atoms with Gasteiger partial charge < -0.3 is 9.84 Å². The zero-order valence-electron chi connectivity index (χ0n) is 13.2. The van der Waals surface area contributed by atoms with Crippen molar-refractivity contribution in [2.24, 2.45) is 0 Å². The molecule has 1 unspecified atom stereocenters. The summed E-state index contributed by atoms with van der Waals surface area (Å²) in [6.45, 7) is 8.61. The lowest BCUT2D eigenvalue weighted by atomic mass is 9.87. The molecule has 1 aromatic carbocycles. The summed E-state index contributed by atoms with van der Waals surface area (Å²) in [5.41, 5.74) is 2.89. The Morgan fingerprint density at radius 1 is 1.10 bits per heavy atom. The monoisotopic (exact) mass is 285 g/mol. The molecule has 1 N–H and O–H groups in total. The van der Waals surface area contributed by atoms with Gasteiger partial charge in [0.25, 0.3) is 0 Å². The summed E-state index contributed by atoms with van der Waals surface area (Å²) in [5, 5.41) is 10.9. The van der Waals surface area contributed by atoms with E-state index in [9.17, 15) is 5.11 Å². The molecular weight excluding hydrogens is 262 g/mol. The molecule has 3 heteroatoms. The third-order valence-corrected chi connectivity index (χ3v) is 3.82. The lowest BCUT2D eigenvalue weighted by molar-refractivity contribution is 0.101. The quantitative estimate of drug-likeness (QED) is 0.910. The SMILES string of the molecule is CCCOc1cncc(C(C)(O)c2ccc(C)c(C)c2)c1. The van der Waals surface area contributed by atoms with Gasteiger partial charge in [-0.15, -0.1) is 0 Å². The molecule has 0 amide bonds. The molecule has 1 aromatic heterocycles. The Morgan fingerprint density at radius 3 is 2.52 bits per heavy atom. The standard InChI is InChI=1S/C18H23NO2/c1-5-8-21-17-10-16(11-19-12-17)18(4,20)15-7-6-13(2)14(3)9-15/h6-7,9-12,20H,5,8H2,1-4H3. The minimum atomic E-state index is -1.09. The Bertz CT molecular complexity index is 620. The van der Waals surface area contributed by atoms with E-state index in [2.05, 4.69) is 18.8 Å². The molecule has 0 saturated heterocycles. The van der Waals surface area contributed by atoms with E-state index < -0.39 is 5.60 Å². The van der Waals surface area contributed by atoms with Gasteiger partial charge in [0, 0.05) is 11.8 Å². The van der Waals surface area contributed by atoms with Crippen molar-refractivity contribution in [2.75, 3.05) is 6.61 Å². The fourth-order valence-corrected chi connectivity index (χ4v) is 2.19. The molecule has 0 aliphatic heterocycles. The summed E-state index contributed by atoms with van der Waals surface area (Å²) in [4.78, 5) is 4.18. The number of hydrogen-bond acceptors (Lipinski definition) is 3. The van der Waals surface area contributed by atoms with E-state index in [0.29, 0.717) is 12.4 Å². The van der Waals surface area contributed by atoms with Crippen LogP contribution in [0.15, 0.2) is 36.7 Å². The number of rotatable bonds is 5. The lowest BCUT2D eigenvalue weighted by Crippen LogP contribution is -2.23. The van der Waals surface area contributed by atoms with Crippen molar-refractivity contribution < 1.29 is 9.84 Å². The van der Waals surface area contributed by atoms with Gasteiger partial charge >= 0.3 is 0 Å². The maximum Gasteiger partial charge on any atom is 0.137 e. The van der Waals surface area contributed by atoms with Crippen LogP contribution in [-0.2, 0) is 5.60 Å². The van der Waals surface area contributed by atoms with Crippen LogP contribution in [0.2, 0.25) is 0 Å². The Balaban J connectivity index is 2.35. The number of hydrogen-bond donors (Lipinski definition) is 1. The van der Waals surface area contributed by atoms with Crippen molar-refractivity contribution in [1.29, 1.82) is 0 Å². The molecule has 0 spiro atoms. The maximum absolute atomic E-state index is 10.9. The highest BCUT2D eigenvalue weighted by Crippen LogP contribution is 2.31. The Labute approximate surface area is 126 Å². The topological polar surface area (TPSA) is 42.4 Å². The highest BCUT2D eigenvalue weighted by Gasteiger charge is 2.26. The van der Waals surface area contributed by atoms with E-state index >= 15 is 0 Å². The van der Waals surface area contributed by atoms with Crippen LogP contribution in [-0.4, -0.2) is 16.7 Å². The highest BCUT2D eigenvalue weighted by molar-refractivity contribution is 5.40. The van der Waals surface area contributed by atoms with Crippen LogP contribution in [0.3, 0.4) is 0 Å². The second kappa shape index (κ2) is 6.27. The van der Waals surface area contributed by atoms with Crippen LogP contribution >= 0.6 is 0 Å². The molecule has 1 atom stereocenters. The summed E-state index contributed by atoms with van der Waals surface area (Å²) < 4.78 is 5.60. The van der Waals surface area contributed by atoms with Crippen molar-refractivity contribution in [3.05, 3.63) is 58.9 Å². The third kappa shape index (κ3) is 3.42. The number of nitrogens with zero attached hydrogens (tertiary/aromatic N) is 1. The van der Waals surface area contributed by atoms with Crippen LogP contribution in [0.25, 0.3) is 0 Å². The lowest BCUT2D eigenvalue weighted by Gasteiger charge is -2.25. The zero-order valence-corrected chi connectivity index (χ0v) is 13.2. The minimum absolute atomic E-state index is 0.650. The van der Waals surface area contributed by atoms with Gasteiger partial charge in [-0.25, -0.2) is 0 Å². The normalized spacial score (nSPS) is 13.8. The molecule has 0 bridgehead atoms. The van der Waals surface area contributed by atoms with Crippen LogP contribution < -0.4 is 4.74 Å². The van der Waals surface area contributed by atoms with Gasteiger partial charge in [-0.2, -0.15) is 0 Å². The van der Waals surface area contributed by atoms with Gasteiger partial charge in [0.2, 0.25) is 0 Å². The first kappa shape index (κ1) is 15.5. The minimum Gasteiger partial charge on any atom is -0.492 e. The number of aromatic nitrogens is 1. The number of benzene rings is 1. The predicted octanol–water partition coefficient (Wildman–Crippen LogP) is 3.74. The number of ether oxygens (including phenoxy) is 1. The van der Waals surface area contributed by atoms with Gasteiger partial charge in [-0.1, -0.05) is 25.1 Å². The van der Waals surface area contributed by atoms with E-state index in [0.717, 1.165) is 17.5 Å². The predicted molar refractivity (Wildman–Crippen MR) is 84.6 cm³/mol. The smallest absolute Gasteiger partial charge is 0.137 e. The van der Waals surface area contributed by atoms with Crippen molar-refractivity contribution in [2.45, 2.75) is 39.7 Å². The molecule has 0 aliphatic carbocycles. The van der Waals surface area contributed by atoms with Crippen molar-refractivity contribution >= 4 is 0 Å². The number of aliphatic hydroxyl groups is 1. The summed E-state index contributed by atoms with van der Waals surface area (Å²) in [6, 6.07) is 7.87. The maximum atomic E-state index is 10.9. The molecule has 0 saturated carbocycles.